The van der Waals surface area contributed by atoms with Crippen molar-refractivity contribution in [2.75, 3.05) is 7.11 Å². The number of ether oxygens (including phenoxy) is 1. The number of methoxy groups -OCH3 is 1. The number of benzene rings is 2. The third kappa shape index (κ3) is 3.59. The van der Waals surface area contributed by atoms with Gasteiger partial charge in [0.15, 0.2) is 0 Å². The molecule has 0 fully saturated rings. The van der Waals surface area contributed by atoms with Gasteiger partial charge in [-0.3, -0.25) is 0 Å². The second-order valence-corrected chi connectivity index (χ2v) is 4.68. The Morgan fingerprint density at radius 3 is 2.30 bits per heavy atom. The molecule has 0 aliphatic heterocycles. The fourth-order valence-electron chi connectivity index (χ4n) is 1.98. The van der Waals surface area contributed by atoms with E-state index in [0.717, 1.165) is 12.3 Å². The highest BCUT2D eigenvalue weighted by Gasteiger charge is 2.05. The maximum Gasteiger partial charge on any atom is 0.118 e. The summed E-state index contributed by atoms with van der Waals surface area (Å²) >= 11 is 0. The van der Waals surface area contributed by atoms with Gasteiger partial charge in [0.25, 0.3) is 0 Å². The minimum atomic E-state index is 0.261. The maximum atomic E-state index is 8.76. The van der Waals surface area contributed by atoms with Crippen LogP contribution in [0.3, 0.4) is 0 Å². The zero-order valence-electron chi connectivity index (χ0n) is 11.8. The standard InChI is InChI=1S/C17H18N2O/c1-13(16-7-9-17(20-2)10-8-16)19-12-15-5-3-14(11-18)4-6-15/h3-10,13,19H,12H2,1-2H3/t13-/m1/s1. The Balaban J connectivity index is 1.93. The van der Waals surface area contributed by atoms with Crippen molar-refractivity contribution in [2.45, 2.75) is 19.5 Å². The second-order valence-electron chi connectivity index (χ2n) is 4.68. The van der Waals surface area contributed by atoms with E-state index < -0.39 is 0 Å². The second kappa shape index (κ2) is 6.74. The van der Waals surface area contributed by atoms with Crippen molar-refractivity contribution in [1.82, 2.24) is 5.32 Å². The quantitative estimate of drug-likeness (QED) is 0.902. The van der Waals surface area contributed by atoms with E-state index in [1.165, 1.54) is 11.1 Å². The lowest BCUT2D eigenvalue weighted by molar-refractivity contribution is 0.414. The molecule has 0 radical (unpaired) electrons. The van der Waals surface area contributed by atoms with Crippen LogP contribution in [0.15, 0.2) is 48.5 Å². The molecule has 1 atom stereocenters. The molecule has 0 spiro atoms. The van der Waals surface area contributed by atoms with E-state index in [1.54, 1.807) is 7.11 Å². The van der Waals surface area contributed by atoms with Gasteiger partial charge in [0.05, 0.1) is 18.7 Å². The molecule has 0 unspecified atom stereocenters. The molecule has 1 N–H and O–H groups in total. The van der Waals surface area contributed by atoms with Gasteiger partial charge in [0, 0.05) is 12.6 Å². The third-order valence-electron chi connectivity index (χ3n) is 3.31. The predicted octanol–water partition coefficient (Wildman–Crippen LogP) is 3.42. The van der Waals surface area contributed by atoms with E-state index in [9.17, 15) is 0 Å². The van der Waals surface area contributed by atoms with Crippen LogP contribution in [0.25, 0.3) is 0 Å². The summed E-state index contributed by atoms with van der Waals surface area (Å²) in [6.45, 7) is 2.91. The van der Waals surface area contributed by atoms with Crippen LogP contribution < -0.4 is 10.1 Å². The van der Waals surface area contributed by atoms with Crippen molar-refractivity contribution < 1.29 is 4.74 Å². The molecule has 0 aliphatic rings. The summed E-state index contributed by atoms with van der Waals surface area (Å²) in [7, 11) is 1.67. The first-order valence-electron chi connectivity index (χ1n) is 6.59. The summed E-state index contributed by atoms with van der Waals surface area (Å²) in [4.78, 5) is 0. The molecule has 0 bridgehead atoms. The molecule has 0 aromatic heterocycles. The van der Waals surface area contributed by atoms with E-state index in [4.69, 9.17) is 10.00 Å². The van der Waals surface area contributed by atoms with Crippen molar-refractivity contribution in [3.8, 4) is 11.8 Å². The predicted molar refractivity (Wildman–Crippen MR) is 79.4 cm³/mol. The van der Waals surface area contributed by atoms with Gasteiger partial charge in [-0.1, -0.05) is 24.3 Å². The molecule has 3 nitrogen and oxygen atoms in total. The summed E-state index contributed by atoms with van der Waals surface area (Å²) in [5, 5.41) is 12.2. The molecule has 2 aromatic carbocycles. The van der Waals surface area contributed by atoms with Gasteiger partial charge in [-0.2, -0.15) is 5.26 Å². The van der Waals surface area contributed by atoms with Gasteiger partial charge in [-0.05, 0) is 42.3 Å². The van der Waals surface area contributed by atoms with Gasteiger partial charge < -0.3 is 10.1 Å². The topological polar surface area (TPSA) is 45.0 Å². The largest absolute Gasteiger partial charge is 0.497 e. The van der Waals surface area contributed by atoms with Crippen molar-refractivity contribution in [3.63, 3.8) is 0 Å². The molecule has 102 valence electrons. The lowest BCUT2D eigenvalue weighted by Gasteiger charge is -2.14. The zero-order valence-corrected chi connectivity index (χ0v) is 11.8. The number of hydrogen-bond donors (Lipinski definition) is 1. The average Bonchev–Trinajstić information content (AvgIpc) is 2.53. The first-order chi connectivity index (χ1) is 9.72. The molecule has 3 heteroatoms. The summed E-state index contributed by atoms with van der Waals surface area (Å²) in [5.74, 6) is 0.869. The number of nitrogens with one attached hydrogen (secondary N) is 1. The monoisotopic (exact) mass is 266 g/mol. The fourth-order valence-corrected chi connectivity index (χ4v) is 1.98. The number of hydrogen-bond acceptors (Lipinski definition) is 3. The van der Waals surface area contributed by atoms with E-state index in [2.05, 4.69) is 30.4 Å². The normalized spacial score (nSPS) is 11.7. The van der Waals surface area contributed by atoms with Crippen LogP contribution in [0.2, 0.25) is 0 Å². The van der Waals surface area contributed by atoms with E-state index >= 15 is 0 Å². The van der Waals surface area contributed by atoms with Crippen molar-refractivity contribution in [1.29, 1.82) is 5.26 Å². The molecular weight excluding hydrogens is 248 g/mol. The summed E-state index contributed by atoms with van der Waals surface area (Å²) in [6.07, 6.45) is 0. The van der Waals surface area contributed by atoms with Crippen molar-refractivity contribution in [2.24, 2.45) is 0 Å². The van der Waals surface area contributed by atoms with Crippen LogP contribution in [0.4, 0.5) is 0 Å². The van der Waals surface area contributed by atoms with Gasteiger partial charge >= 0.3 is 0 Å². The lowest BCUT2D eigenvalue weighted by Crippen LogP contribution is -2.17. The average molecular weight is 266 g/mol. The van der Waals surface area contributed by atoms with Crippen LogP contribution in [-0.2, 0) is 6.54 Å². The number of nitriles is 1. The molecule has 2 rings (SSSR count). The first-order valence-corrected chi connectivity index (χ1v) is 6.59. The molecule has 20 heavy (non-hydrogen) atoms. The Bertz CT molecular complexity index is 582. The molecule has 0 saturated carbocycles. The van der Waals surface area contributed by atoms with Crippen LogP contribution in [-0.4, -0.2) is 7.11 Å². The number of rotatable bonds is 5. The van der Waals surface area contributed by atoms with E-state index in [0.29, 0.717) is 5.56 Å². The van der Waals surface area contributed by atoms with Gasteiger partial charge in [-0.15, -0.1) is 0 Å². The Morgan fingerprint density at radius 2 is 1.75 bits per heavy atom. The Labute approximate surface area is 119 Å². The van der Waals surface area contributed by atoms with Crippen molar-refractivity contribution in [3.05, 3.63) is 65.2 Å². The fraction of sp³-hybridized carbons (Fsp3) is 0.235. The molecule has 0 aliphatic carbocycles. The van der Waals surface area contributed by atoms with Gasteiger partial charge in [0.1, 0.15) is 5.75 Å². The van der Waals surface area contributed by atoms with Gasteiger partial charge in [0.2, 0.25) is 0 Å². The minimum Gasteiger partial charge on any atom is -0.497 e. The summed E-state index contributed by atoms with van der Waals surface area (Å²) in [6, 6.07) is 18.1. The number of nitrogens with zero attached hydrogens (tertiary/aromatic N) is 1. The van der Waals surface area contributed by atoms with Crippen LogP contribution in [0, 0.1) is 11.3 Å². The molecule has 0 amide bonds. The van der Waals surface area contributed by atoms with Crippen LogP contribution >= 0.6 is 0 Å². The minimum absolute atomic E-state index is 0.261. The molecule has 2 aromatic rings. The van der Waals surface area contributed by atoms with Crippen molar-refractivity contribution >= 4 is 0 Å². The van der Waals surface area contributed by atoms with E-state index in [-0.39, 0.29) is 6.04 Å². The zero-order chi connectivity index (χ0) is 14.4. The van der Waals surface area contributed by atoms with Crippen LogP contribution in [0.5, 0.6) is 5.75 Å². The van der Waals surface area contributed by atoms with Crippen LogP contribution in [0.1, 0.15) is 29.7 Å². The van der Waals surface area contributed by atoms with Gasteiger partial charge in [-0.25, -0.2) is 0 Å². The maximum absolute atomic E-state index is 8.76. The molecular formula is C17H18N2O. The Hall–Kier alpha value is -2.31. The molecule has 0 heterocycles. The highest BCUT2D eigenvalue weighted by Crippen LogP contribution is 2.17. The summed E-state index contributed by atoms with van der Waals surface area (Å²) < 4.78 is 5.15. The lowest BCUT2D eigenvalue weighted by atomic mass is 10.1. The smallest absolute Gasteiger partial charge is 0.118 e. The Morgan fingerprint density at radius 1 is 1.10 bits per heavy atom. The highest BCUT2D eigenvalue weighted by molar-refractivity contribution is 5.32. The Kier molecular flexibility index (Phi) is 4.75. The first kappa shape index (κ1) is 14.1. The third-order valence-corrected chi connectivity index (χ3v) is 3.31. The highest BCUT2D eigenvalue weighted by atomic mass is 16.5. The van der Waals surface area contributed by atoms with E-state index in [1.807, 2.05) is 36.4 Å². The molecule has 0 saturated heterocycles. The SMILES string of the molecule is COc1ccc([C@@H](C)NCc2ccc(C#N)cc2)cc1. The summed E-state index contributed by atoms with van der Waals surface area (Å²) in [5.41, 5.74) is 3.08.